The summed E-state index contributed by atoms with van der Waals surface area (Å²) in [5.74, 6) is -0.845. The van der Waals surface area contributed by atoms with Crippen molar-refractivity contribution in [3.05, 3.63) is 83.7 Å². The van der Waals surface area contributed by atoms with Crippen LogP contribution in [0, 0.1) is 11.3 Å². The van der Waals surface area contributed by atoms with E-state index < -0.39 is 11.9 Å². The lowest BCUT2D eigenvalue weighted by Gasteiger charge is -2.11. The number of para-hydroxylation sites is 2. The minimum Gasteiger partial charge on any atom is -0.462 e. The van der Waals surface area contributed by atoms with Gasteiger partial charge in [-0.05, 0) is 43.3 Å². The zero-order valence-corrected chi connectivity index (χ0v) is 15.7. The van der Waals surface area contributed by atoms with E-state index in [1.807, 2.05) is 6.07 Å². The molecule has 1 amide bonds. The Morgan fingerprint density at radius 2 is 1.76 bits per heavy atom. The first-order valence-corrected chi connectivity index (χ1v) is 8.92. The highest BCUT2D eigenvalue weighted by molar-refractivity contribution is 6.03. The van der Waals surface area contributed by atoms with Crippen LogP contribution in [-0.2, 0) is 4.74 Å². The Bertz CT molecular complexity index is 1070. The smallest absolute Gasteiger partial charge is 0.340 e. The van der Waals surface area contributed by atoms with Crippen LogP contribution < -0.4 is 10.6 Å². The van der Waals surface area contributed by atoms with Crippen molar-refractivity contribution in [2.24, 2.45) is 0 Å². The van der Waals surface area contributed by atoms with E-state index in [-0.39, 0.29) is 12.3 Å². The molecule has 0 saturated heterocycles. The molecule has 1 aromatic heterocycles. The summed E-state index contributed by atoms with van der Waals surface area (Å²) >= 11 is 0. The fraction of sp³-hybridized carbons (Fsp3) is 0.0909. The Morgan fingerprint density at radius 3 is 2.45 bits per heavy atom. The number of anilines is 3. The highest BCUT2D eigenvalue weighted by Crippen LogP contribution is 2.22. The molecule has 144 valence electrons. The van der Waals surface area contributed by atoms with Crippen LogP contribution in [-0.4, -0.2) is 23.5 Å². The normalized spacial score (nSPS) is 9.93. The van der Waals surface area contributed by atoms with Gasteiger partial charge in [0.05, 0.1) is 41.0 Å². The second-order valence-corrected chi connectivity index (χ2v) is 5.93. The van der Waals surface area contributed by atoms with E-state index in [0.29, 0.717) is 28.2 Å². The highest BCUT2D eigenvalue weighted by atomic mass is 16.5. The van der Waals surface area contributed by atoms with Crippen molar-refractivity contribution in [2.45, 2.75) is 6.92 Å². The molecular weight excluding hydrogens is 368 g/mol. The molecule has 0 unspecified atom stereocenters. The van der Waals surface area contributed by atoms with Crippen LogP contribution in [0.25, 0.3) is 0 Å². The summed E-state index contributed by atoms with van der Waals surface area (Å²) < 4.78 is 5.06. The van der Waals surface area contributed by atoms with Gasteiger partial charge in [-0.25, -0.2) is 9.78 Å². The lowest BCUT2D eigenvalue weighted by molar-refractivity contribution is 0.0527. The first kappa shape index (κ1) is 19.6. The molecule has 3 rings (SSSR count). The number of nitrogens with zero attached hydrogens (tertiary/aromatic N) is 2. The van der Waals surface area contributed by atoms with E-state index in [1.54, 1.807) is 67.6 Å². The molecule has 0 aliphatic rings. The predicted molar refractivity (Wildman–Crippen MR) is 109 cm³/mol. The monoisotopic (exact) mass is 386 g/mol. The second kappa shape index (κ2) is 9.15. The van der Waals surface area contributed by atoms with Crippen LogP contribution >= 0.6 is 0 Å². The minimum atomic E-state index is -0.425. The third-order valence-corrected chi connectivity index (χ3v) is 3.99. The molecular formula is C22H18N4O3. The molecule has 2 aromatic carbocycles. The van der Waals surface area contributed by atoms with Crippen molar-refractivity contribution < 1.29 is 14.3 Å². The highest BCUT2D eigenvalue weighted by Gasteiger charge is 2.13. The van der Waals surface area contributed by atoms with Gasteiger partial charge in [0, 0.05) is 0 Å². The van der Waals surface area contributed by atoms with Gasteiger partial charge in [-0.1, -0.05) is 24.3 Å². The standard InChI is InChI=1S/C22H18N4O3/c1-2-29-22(28)17-8-4-6-10-19(17)25-16-11-12-20(24-14-16)21(27)26-18-9-5-3-7-15(18)13-23/h3-12,14,25H,2H2,1H3,(H,26,27). The third kappa shape index (κ3) is 4.76. The van der Waals surface area contributed by atoms with Crippen LogP contribution in [0.4, 0.5) is 17.1 Å². The topological polar surface area (TPSA) is 104 Å². The maximum absolute atomic E-state index is 12.4. The Labute approximate surface area is 168 Å². The van der Waals surface area contributed by atoms with Crippen molar-refractivity contribution in [1.82, 2.24) is 4.98 Å². The van der Waals surface area contributed by atoms with Crippen LogP contribution in [0.3, 0.4) is 0 Å². The number of hydrogen-bond donors (Lipinski definition) is 2. The number of esters is 1. The summed E-state index contributed by atoms with van der Waals surface area (Å²) in [6.45, 7) is 2.03. The molecule has 29 heavy (non-hydrogen) atoms. The summed E-state index contributed by atoms with van der Waals surface area (Å²) in [6, 6.07) is 19.0. The van der Waals surface area contributed by atoms with Gasteiger partial charge >= 0.3 is 5.97 Å². The number of nitrogens with one attached hydrogen (secondary N) is 2. The number of amides is 1. The van der Waals surface area contributed by atoms with Crippen molar-refractivity contribution in [3.63, 3.8) is 0 Å². The van der Waals surface area contributed by atoms with Gasteiger partial charge < -0.3 is 15.4 Å². The summed E-state index contributed by atoms with van der Waals surface area (Å²) in [4.78, 5) is 28.6. The van der Waals surface area contributed by atoms with Crippen molar-refractivity contribution in [2.75, 3.05) is 17.2 Å². The maximum atomic E-state index is 12.4. The lowest BCUT2D eigenvalue weighted by Crippen LogP contribution is -2.14. The Morgan fingerprint density at radius 1 is 1.03 bits per heavy atom. The summed E-state index contributed by atoms with van der Waals surface area (Å²) in [5.41, 5.74) is 2.58. The largest absolute Gasteiger partial charge is 0.462 e. The van der Waals surface area contributed by atoms with Gasteiger partial charge in [0.15, 0.2) is 0 Å². The number of hydrogen-bond acceptors (Lipinski definition) is 6. The minimum absolute atomic E-state index is 0.196. The summed E-state index contributed by atoms with van der Waals surface area (Å²) in [6.07, 6.45) is 1.49. The van der Waals surface area contributed by atoms with Crippen LogP contribution in [0.5, 0.6) is 0 Å². The molecule has 0 aliphatic heterocycles. The molecule has 7 heteroatoms. The van der Waals surface area contributed by atoms with E-state index >= 15 is 0 Å². The number of benzene rings is 2. The van der Waals surface area contributed by atoms with E-state index in [1.165, 1.54) is 6.20 Å². The Kier molecular flexibility index (Phi) is 6.18. The van der Waals surface area contributed by atoms with Crippen LogP contribution in [0.1, 0.15) is 33.3 Å². The van der Waals surface area contributed by atoms with E-state index in [0.717, 1.165) is 0 Å². The molecule has 0 saturated carbocycles. The third-order valence-electron chi connectivity index (χ3n) is 3.99. The molecule has 0 spiro atoms. The van der Waals surface area contributed by atoms with Gasteiger partial charge in [0.1, 0.15) is 11.8 Å². The van der Waals surface area contributed by atoms with Crippen LogP contribution in [0.2, 0.25) is 0 Å². The van der Waals surface area contributed by atoms with E-state index in [9.17, 15) is 9.59 Å². The molecule has 2 N–H and O–H groups in total. The zero-order valence-electron chi connectivity index (χ0n) is 15.7. The van der Waals surface area contributed by atoms with Gasteiger partial charge in [-0.3, -0.25) is 4.79 Å². The number of carbonyl (C=O) groups is 2. The average molecular weight is 386 g/mol. The molecule has 3 aromatic rings. The predicted octanol–water partition coefficient (Wildman–Crippen LogP) is 4.13. The number of pyridine rings is 1. The number of carbonyl (C=O) groups excluding carboxylic acids is 2. The van der Waals surface area contributed by atoms with Crippen LogP contribution in [0.15, 0.2) is 66.9 Å². The van der Waals surface area contributed by atoms with Crippen molar-refractivity contribution in [1.29, 1.82) is 5.26 Å². The fourth-order valence-corrected chi connectivity index (χ4v) is 2.61. The Hall–Kier alpha value is -4.18. The van der Waals surface area contributed by atoms with E-state index in [4.69, 9.17) is 10.00 Å². The first-order chi connectivity index (χ1) is 14.1. The molecule has 0 bridgehead atoms. The van der Waals surface area contributed by atoms with Crippen molar-refractivity contribution in [3.8, 4) is 6.07 Å². The van der Waals surface area contributed by atoms with Gasteiger partial charge in [-0.2, -0.15) is 5.26 Å². The molecule has 7 nitrogen and oxygen atoms in total. The second-order valence-electron chi connectivity index (χ2n) is 5.93. The van der Waals surface area contributed by atoms with Crippen molar-refractivity contribution >= 4 is 28.9 Å². The SMILES string of the molecule is CCOC(=O)c1ccccc1Nc1ccc(C(=O)Nc2ccccc2C#N)nc1. The first-order valence-electron chi connectivity index (χ1n) is 8.92. The average Bonchev–Trinajstić information content (AvgIpc) is 2.75. The quantitative estimate of drug-likeness (QED) is 0.618. The molecule has 0 aliphatic carbocycles. The number of nitriles is 1. The van der Waals surface area contributed by atoms with Gasteiger partial charge in [0.25, 0.3) is 5.91 Å². The molecule has 1 heterocycles. The van der Waals surface area contributed by atoms with Gasteiger partial charge in [0.2, 0.25) is 0 Å². The zero-order chi connectivity index (χ0) is 20.6. The summed E-state index contributed by atoms with van der Waals surface area (Å²) in [7, 11) is 0. The number of ether oxygens (including phenoxy) is 1. The summed E-state index contributed by atoms with van der Waals surface area (Å²) in [5, 5.41) is 14.9. The molecule has 0 fully saturated rings. The van der Waals surface area contributed by atoms with E-state index in [2.05, 4.69) is 15.6 Å². The molecule has 0 radical (unpaired) electrons. The lowest BCUT2D eigenvalue weighted by atomic mass is 10.1. The Balaban J connectivity index is 1.74. The van der Waals surface area contributed by atoms with Gasteiger partial charge in [-0.15, -0.1) is 0 Å². The number of aromatic nitrogens is 1. The fourth-order valence-electron chi connectivity index (χ4n) is 2.61. The number of rotatable bonds is 6. The molecule has 0 atom stereocenters. The maximum Gasteiger partial charge on any atom is 0.340 e.